The molecule has 0 aliphatic carbocycles. The molecule has 1 amide bonds. The molecule has 6 nitrogen and oxygen atoms in total. The Kier molecular flexibility index (Phi) is 5.61. The van der Waals surface area contributed by atoms with E-state index in [1.54, 1.807) is 18.2 Å². The first-order valence-corrected chi connectivity index (χ1v) is 9.06. The van der Waals surface area contributed by atoms with Crippen LogP contribution in [0.3, 0.4) is 0 Å². The summed E-state index contributed by atoms with van der Waals surface area (Å²) in [5.41, 5.74) is 0.483. The molecule has 0 unspecified atom stereocenters. The van der Waals surface area contributed by atoms with Crippen LogP contribution in [-0.2, 0) is 6.42 Å². The fraction of sp³-hybridized carbons (Fsp3) is 0.471. The Morgan fingerprint density at radius 3 is 2.60 bits per heavy atom. The van der Waals surface area contributed by atoms with Crippen LogP contribution in [0, 0.1) is 0 Å². The molecule has 1 aliphatic rings. The van der Waals surface area contributed by atoms with Crippen LogP contribution in [0.2, 0.25) is 10.0 Å². The third-order valence-electron chi connectivity index (χ3n) is 4.47. The van der Waals surface area contributed by atoms with Gasteiger partial charge in [-0.3, -0.25) is 9.69 Å². The summed E-state index contributed by atoms with van der Waals surface area (Å²) in [4.78, 5) is 21.1. The number of rotatable bonds is 4. The molecule has 8 heteroatoms. The van der Waals surface area contributed by atoms with E-state index in [9.17, 15) is 4.79 Å². The van der Waals surface area contributed by atoms with Gasteiger partial charge in [-0.1, -0.05) is 35.3 Å². The van der Waals surface area contributed by atoms with Crippen LogP contribution in [0.5, 0.6) is 0 Å². The fourth-order valence-corrected chi connectivity index (χ4v) is 3.37. The first-order valence-electron chi connectivity index (χ1n) is 8.30. The largest absolute Gasteiger partial charge is 0.338 e. The molecule has 1 aromatic heterocycles. The SMILES string of the molecule is CCc1noc([C@H](C)N2CCN(C(=O)c3ccc(Cl)cc3Cl)CC2)n1. The maximum atomic E-state index is 12.7. The molecule has 1 fully saturated rings. The Balaban J connectivity index is 1.62. The molecule has 2 heterocycles. The second-order valence-corrected chi connectivity index (χ2v) is 6.87. The van der Waals surface area contributed by atoms with Gasteiger partial charge in [-0.15, -0.1) is 0 Å². The maximum absolute atomic E-state index is 12.7. The summed E-state index contributed by atoms with van der Waals surface area (Å²) in [6.07, 6.45) is 0.750. The standard InChI is InChI=1S/C17H20Cl2N4O2/c1-3-15-20-16(25-21-15)11(2)22-6-8-23(9-7-22)17(24)13-5-4-12(18)10-14(13)19/h4-5,10-11H,3,6-9H2,1-2H3/t11-/m0/s1. The zero-order valence-electron chi connectivity index (χ0n) is 14.2. The summed E-state index contributed by atoms with van der Waals surface area (Å²) in [6, 6.07) is 4.98. The Morgan fingerprint density at radius 2 is 2.00 bits per heavy atom. The highest BCUT2D eigenvalue weighted by Crippen LogP contribution is 2.24. The van der Waals surface area contributed by atoms with Crippen LogP contribution in [0.4, 0.5) is 0 Å². The van der Waals surface area contributed by atoms with Gasteiger partial charge in [0, 0.05) is 37.6 Å². The molecular formula is C17H20Cl2N4O2. The third-order valence-corrected chi connectivity index (χ3v) is 5.02. The smallest absolute Gasteiger partial charge is 0.255 e. The van der Waals surface area contributed by atoms with Gasteiger partial charge in [0.25, 0.3) is 5.91 Å². The Hall–Kier alpha value is -1.63. The summed E-state index contributed by atoms with van der Waals surface area (Å²) in [6.45, 7) is 6.75. The lowest BCUT2D eigenvalue weighted by Crippen LogP contribution is -2.49. The van der Waals surface area contributed by atoms with Crippen LogP contribution in [0.25, 0.3) is 0 Å². The van der Waals surface area contributed by atoms with E-state index in [1.165, 1.54) is 0 Å². The Morgan fingerprint density at radius 1 is 1.28 bits per heavy atom. The van der Waals surface area contributed by atoms with Crippen molar-refractivity contribution in [2.45, 2.75) is 26.3 Å². The van der Waals surface area contributed by atoms with Crippen molar-refractivity contribution in [1.82, 2.24) is 19.9 Å². The molecule has 2 aromatic rings. The first-order chi connectivity index (χ1) is 12.0. The van der Waals surface area contributed by atoms with Crippen molar-refractivity contribution in [3.05, 3.63) is 45.5 Å². The van der Waals surface area contributed by atoms with Crippen molar-refractivity contribution >= 4 is 29.1 Å². The van der Waals surface area contributed by atoms with E-state index in [2.05, 4.69) is 15.0 Å². The van der Waals surface area contributed by atoms with E-state index < -0.39 is 0 Å². The van der Waals surface area contributed by atoms with Crippen LogP contribution in [0.1, 0.15) is 42.0 Å². The monoisotopic (exact) mass is 382 g/mol. The van der Waals surface area contributed by atoms with Gasteiger partial charge >= 0.3 is 0 Å². The molecule has 0 spiro atoms. The lowest BCUT2D eigenvalue weighted by molar-refractivity contribution is 0.0552. The van der Waals surface area contributed by atoms with Crippen LogP contribution in [-0.4, -0.2) is 52.0 Å². The average Bonchev–Trinajstić information content (AvgIpc) is 3.10. The minimum atomic E-state index is -0.0694. The minimum absolute atomic E-state index is 0.0316. The maximum Gasteiger partial charge on any atom is 0.255 e. The Labute approximate surface area is 156 Å². The number of aromatic nitrogens is 2. The summed E-state index contributed by atoms with van der Waals surface area (Å²) < 4.78 is 5.33. The van der Waals surface area contributed by atoms with E-state index in [0.717, 1.165) is 19.5 Å². The van der Waals surface area contributed by atoms with Crippen LogP contribution in [0.15, 0.2) is 22.7 Å². The van der Waals surface area contributed by atoms with E-state index in [-0.39, 0.29) is 11.9 Å². The predicted molar refractivity (Wildman–Crippen MR) is 96.0 cm³/mol. The summed E-state index contributed by atoms with van der Waals surface area (Å²) in [5, 5.41) is 4.85. The molecule has 1 atom stereocenters. The second-order valence-electron chi connectivity index (χ2n) is 6.03. The summed E-state index contributed by atoms with van der Waals surface area (Å²) in [7, 11) is 0. The fourth-order valence-electron chi connectivity index (χ4n) is 2.88. The number of carbonyl (C=O) groups is 1. The van der Waals surface area contributed by atoms with E-state index in [4.69, 9.17) is 27.7 Å². The average molecular weight is 383 g/mol. The molecule has 0 N–H and O–H groups in total. The number of hydrogen-bond donors (Lipinski definition) is 0. The minimum Gasteiger partial charge on any atom is -0.338 e. The number of halogens is 2. The zero-order chi connectivity index (χ0) is 18.0. The molecule has 1 aromatic carbocycles. The molecular weight excluding hydrogens is 363 g/mol. The molecule has 1 aliphatic heterocycles. The molecule has 1 saturated heterocycles. The highest BCUT2D eigenvalue weighted by Gasteiger charge is 2.28. The van der Waals surface area contributed by atoms with Crippen molar-refractivity contribution < 1.29 is 9.32 Å². The Bertz CT molecular complexity index is 757. The quantitative estimate of drug-likeness (QED) is 0.809. The summed E-state index contributed by atoms with van der Waals surface area (Å²) in [5.74, 6) is 1.27. The van der Waals surface area contributed by atoms with Gasteiger partial charge in [-0.2, -0.15) is 4.98 Å². The normalized spacial score (nSPS) is 16.9. The highest BCUT2D eigenvalue weighted by atomic mass is 35.5. The number of hydrogen-bond acceptors (Lipinski definition) is 5. The van der Waals surface area contributed by atoms with Crippen molar-refractivity contribution in [3.8, 4) is 0 Å². The van der Waals surface area contributed by atoms with Crippen LogP contribution < -0.4 is 0 Å². The van der Waals surface area contributed by atoms with E-state index >= 15 is 0 Å². The highest BCUT2D eigenvalue weighted by molar-refractivity contribution is 6.36. The van der Waals surface area contributed by atoms with Gasteiger partial charge in [0.15, 0.2) is 5.82 Å². The van der Waals surface area contributed by atoms with Gasteiger partial charge in [-0.25, -0.2) is 0 Å². The van der Waals surface area contributed by atoms with Gasteiger partial charge < -0.3 is 9.42 Å². The molecule has 134 valence electrons. The summed E-state index contributed by atoms with van der Waals surface area (Å²) >= 11 is 12.0. The lowest BCUT2D eigenvalue weighted by atomic mass is 10.1. The number of piperazine rings is 1. The van der Waals surface area contributed by atoms with Crippen molar-refractivity contribution in [3.63, 3.8) is 0 Å². The zero-order valence-corrected chi connectivity index (χ0v) is 15.7. The number of benzene rings is 1. The predicted octanol–water partition coefficient (Wildman–Crippen LogP) is 3.46. The van der Waals surface area contributed by atoms with Crippen molar-refractivity contribution in [2.24, 2.45) is 0 Å². The van der Waals surface area contributed by atoms with E-state index in [0.29, 0.717) is 40.4 Å². The van der Waals surface area contributed by atoms with Crippen LogP contribution >= 0.6 is 23.2 Å². The number of aryl methyl sites for hydroxylation is 1. The number of nitrogens with zero attached hydrogens (tertiary/aromatic N) is 4. The van der Waals surface area contributed by atoms with E-state index in [1.807, 2.05) is 18.7 Å². The van der Waals surface area contributed by atoms with Gasteiger partial charge in [-0.05, 0) is 25.1 Å². The number of carbonyl (C=O) groups excluding carboxylic acids is 1. The van der Waals surface area contributed by atoms with Gasteiger partial charge in [0.2, 0.25) is 5.89 Å². The molecule has 0 bridgehead atoms. The third kappa shape index (κ3) is 3.97. The van der Waals surface area contributed by atoms with Gasteiger partial charge in [0.05, 0.1) is 16.6 Å². The first kappa shape index (κ1) is 18.2. The molecule has 0 radical (unpaired) electrons. The van der Waals surface area contributed by atoms with Crippen molar-refractivity contribution in [2.75, 3.05) is 26.2 Å². The molecule has 25 heavy (non-hydrogen) atoms. The second kappa shape index (κ2) is 7.72. The van der Waals surface area contributed by atoms with Crippen molar-refractivity contribution in [1.29, 1.82) is 0 Å². The topological polar surface area (TPSA) is 62.5 Å². The molecule has 3 rings (SSSR count). The van der Waals surface area contributed by atoms with Gasteiger partial charge in [0.1, 0.15) is 0 Å². The lowest BCUT2D eigenvalue weighted by Gasteiger charge is -2.36. The number of amides is 1. The molecule has 0 saturated carbocycles.